The average Bonchev–Trinajstić information content (AvgIpc) is 2.80. The number of aliphatic hydroxyl groups excluding tert-OH is 6. The number of alkyl halides is 6. The van der Waals surface area contributed by atoms with Crippen LogP contribution in [0.15, 0.2) is 57.2 Å². The number of aliphatic carboxylic acids is 1. The van der Waals surface area contributed by atoms with Crippen molar-refractivity contribution in [3.63, 3.8) is 0 Å². The van der Waals surface area contributed by atoms with Crippen LogP contribution in [0.5, 0.6) is 0 Å². The third-order valence-electron chi connectivity index (χ3n) is 12.9. The van der Waals surface area contributed by atoms with Crippen LogP contribution in [0, 0.1) is 17.8 Å². The van der Waals surface area contributed by atoms with E-state index >= 15 is 0 Å². The molecule has 3 aromatic heterocycles. The van der Waals surface area contributed by atoms with Gasteiger partial charge in [-0.05, 0) is 63.8 Å². The van der Waals surface area contributed by atoms with E-state index < -0.39 is 146 Å². The Morgan fingerprint density at radius 1 is 0.655 bits per heavy atom. The minimum absolute atomic E-state index is 0.0374. The Kier molecular flexibility index (Phi) is 25.5. The van der Waals surface area contributed by atoms with E-state index in [1.807, 2.05) is 13.8 Å². The van der Waals surface area contributed by atoms with Gasteiger partial charge in [-0.25, -0.2) is 19.2 Å². The first-order valence-corrected chi connectivity index (χ1v) is 26.0. The lowest BCUT2D eigenvalue weighted by molar-refractivity contribution is -0.141. The van der Waals surface area contributed by atoms with Gasteiger partial charge < -0.3 is 76.8 Å². The maximum Gasteiger partial charge on any atom is 0.408 e. The monoisotopic (exact) mass is 1220 g/mol. The molecule has 13 N–H and O–H groups in total. The van der Waals surface area contributed by atoms with Gasteiger partial charge in [-0.1, -0.05) is 41.5 Å². The van der Waals surface area contributed by atoms with E-state index in [0.29, 0.717) is 13.7 Å². The van der Waals surface area contributed by atoms with E-state index in [-0.39, 0.29) is 59.2 Å². The highest BCUT2D eigenvalue weighted by Gasteiger charge is 2.61. The molecule has 0 spiro atoms. The number of carboxylic acids is 1. The third kappa shape index (κ3) is 17.9. The van der Waals surface area contributed by atoms with E-state index in [9.17, 15) is 75.2 Å². The summed E-state index contributed by atoms with van der Waals surface area (Å²) in [7, 11) is 1.65. The second-order valence-corrected chi connectivity index (χ2v) is 21.7. The summed E-state index contributed by atoms with van der Waals surface area (Å²) in [5.41, 5.74) is 7.97. The average molecular weight is 1220 g/mol. The Morgan fingerprint density at radius 2 is 1.02 bits per heavy atom. The number of aromatic nitrogens is 5. The summed E-state index contributed by atoms with van der Waals surface area (Å²) >= 11 is 0. The number of nitrogens with zero attached hydrogens (tertiary/aromatic N) is 5. The zero-order chi connectivity index (χ0) is 64.3. The van der Waals surface area contributed by atoms with Gasteiger partial charge in [0.1, 0.15) is 30.0 Å². The molecule has 1 amide bonds. The molecule has 3 aliphatic rings. The Labute approximate surface area is 476 Å². The van der Waals surface area contributed by atoms with Crippen molar-refractivity contribution in [1.82, 2.24) is 34.3 Å². The quantitative estimate of drug-likeness (QED) is 0.0725. The molecule has 12 atom stereocenters. The van der Waals surface area contributed by atoms with Crippen LogP contribution < -0.4 is 39.0 Å². The van der Waals surface area contributed by atoms with E-state index in [1.54, 1.807) is 55.5 Å². The summed E-state index contributed by atoms with van der Waals surface area (Å²) in [5, 5.41) is 69.2. The Balaban J connectivity index is 0.000000300. The molecule has 33 heteroatoms. The Hall–Kier alpha value is -6.27. The molecule has 0 saturated carbocycles. The number of carbonyl (C=O) groups excluding carboxylic acids is 3. The lowest BCUT2D eigenvalue weighted by Gasteiger charge is -2.23. The van der Waals surface area contributed by atoms with Gasteiger partial charge in [0.15, 0.2) is 29.9 Å². The number of pyridine rings is 1. The Morgan fingerprint density at radius 3 is 1.32 bits per heavy atom. The van der Waals surface area contributed by atoms with Crippen LogP contribution in [0.1, 0.15) is 92.4 Å². The van der Waals surface area contributed by atoms with Crippen LogP contribution >= 0.6 is 0 Å². The molecule has 0 bridgehead atoms. The number of hydrogen-bond donors (Lipinski definition) is 11. The number of nitrogens with two attached hydrogens (primary N) is 2. The van der Waals surface area contributed by atoms with Gasteiger partial charge in [-0.2, -0.15) is 36.3 Å². The van der Waals surface area contributed by atoms with Gasteiger partial charge in [0.25, 0.3) is 5.56 Å². The number of rotatable bonds is 18. The van der Waals surface area contributed by atoms with E-state index in [2.05, 4.69) is 20.6 Å². The van der Waals surface area contributed by atoms with Crippen molar-refractivity contribution >= 4 is 29.3 Å². The molecule has 6 heterocycles. The topological polar surface area (TPSA) is 415 Å². The Bertz CT molecular complexity index is 2890. The number of hydrogen-bond acceptors (Lipinski definition) is 22. The number of nitrogen functional groups attached to an aromatic ring is 1. The predicted octanol–water partition coefficient (Wildman–Crippen LogP) is -0.354. The van der Waals surface area contributed by atoms with Crippen LogP contribution in [-0.4, -0.2) is 188 Å². The standard InChI is InChI=1S/C16H23F2N3O5.C15H21F2N3O5.C10H12F2N2O4.C10H19NO4/c1-8(2)12(19-3)10(23)6-9-4-5-21(15(25)20-9)14-16(17,18)13(24)11(7-22)26-14;1-7(2)11(18)9(22)5-8-3-4-20(14(24)19-8)13-15(16,17)12(23)10(6-21)25-13;11-10(12)8(17)6(4-15)18-9(10)14-2-1-5(13)3-7(14)16;1-6(2)7(8(12)13)11-9(14)15-10(3,4)5/h4-5,8,11-14,19,22,24H,6-7H2,1-3H3;3-4,7,10-13,21,23H,5-6,18H2,1-2H3;1-3,6,8-9,15,17H,4,13H2;6-7H,1-5H3,(H,11,14)(H,12,13)/t11-,12+,13-,14-;10-,11+,12-,13-;6-,8-,9-;7-/m1110/s1. The molecule has 3 aliphatic heterocycles. The maximum atomic E-state index is 14.1. The SMILES string of the molecule is CC(C)[C@H](N)C(=O)Cc1ccn([C@@H]2O[C@H](CO)[C@@H](O)C2(F)F)c(=O)n1.CC(C)[C@H](NC(=O)OC(C)(C)C)C(=O)O.CN[C@H](C(=O)Cc1ccn([C@@H]2O[C@H](CO)[C@@H](O)C2(F)F)c(=O)n1)C(C)C.Nc1ccn([C@@H]2O[C@H](CO)[C@@H](O)C2(F)F)c(=O)c1. The lowest BCUT2D eigenvalue weighted by Crippen LogP contribution is -2.46. The van der Waals surface area contributed by atoms with Crippen molar-refractivity contribution < 1.29 is 100 Å². The highest BCUT2D eigenvalue weighted by atomic mass is 19.3. The molecule has 6 rings (SSSR count). The zero-order valence-corrected chi connectivity index (χ0v) is 47.5. The molecule has 0 radical (unpaired) electrons. The first-order valence-electron chi connectivity index (χ1n) is 26.0. The number of anilines is 1. The number of nitrogens with one attached hydrogen (secondary N) is 2. The molecule has 0 aromatic carbocycles. The fraction of sp³-hybridized carbons (Fsp3) is 0.667. The number of Topliss-reactive ketones (excluding diaryl/α,β-unsaturated/α-hetero) is 2. The van der Waals surface area contributed by atoms with Crippen LogP contribution in [-0.2, 0) is 46.2 Å². The van der Waals surface area contributed by atoms with Gasteiger partial charge in [-0.3, -0.25) is 28.1 Å². The predicted molar refractivity (Wildman–Crippen MR) is 282 cm³/mol. The van der Waals surface area contributed by atoms with Crippen LogP contribution in [0.3, 0.4) is 0 Å². The molecule has 27 nitrogen and oxygen atoms in total. The summed E-state index contributed by atoms with van der Waals surface area (Å²) in [6, 6.07) is 2.71. The summed E-state index contributed by atoms with van der Waals surface area (Å²) < 4.78 is 105. The number of likely N-dealkylation sites (N-methyl/N-ethyl adjacent to an activating group) is 1. The minimum atomic E-state index is -3.78. The van der Waals surface area contributed by atoms with Gasteiger partial charge in [-0.15, -0.1) is 0 Å². The first kappa shape index (κ1) is 72.0. The second-order valence-electron chi connectivity index (χ2n) is 21.7. The fourth-order valence-corrected chi connectivity index (χ4v) is 8.27. The summed E-state index contributed by atoms with van der Waals surface area (Å²) in [4.78, 5) is 89.3. The van der Waals surface area contributed by atoms with E-state index in [4.69, 9.17) is 50.8 Å². The summed E-state index contributed by atoms with van der Waals surface area (Å²) in [6.07, 6.45) is -15.2. The number of aliphatic hydroxyl groups is 6. The van der Waals surface area contributed by atoms with Crippen LogP contribution in [0.4, 0.5) is 36.8 Å². The van der Waals surface area contributed by atoms with Gasteiger partial charge >= 0.3 is 41.2 Å². The molecule has 3 saturated heterocycles. The minimum Gasteiger partial charge on any atom is -0.480 e. The normalized spacial score (nSPS) is 25.0. The molecule has 474 valence electrons. The van der Waals surface area contributed by atoms with E-state index in [1.165, 1.54) is 18.2 Å². The molecule has 3 aromatic rings. The van der Waals surface area contributed by atoms with Gasteiger partial charge in [0.2, 0.25) is 18.7 Å². The highest BCUT2D eigenvalue weighted by molar-refractivity contribution is 5.86. The maximum absolute atomic E-state index is 14.1. The largest absolute Gasteiger partial charge is 0.480 e. The van der Waals surface area contributed by atoms with Crippen molar-refractivity contribution in [2.75, 3.05) is 32.6 Å². The number of amides is 1. The molecular formula is C51H75F6N9O18. The first-order chi connectivity index (χ1) is 38.7. The third-order valence-corrected chi connectivity index (χ3v) is 12.9. The zero-order valence-electron chi connectivity index (χ0n) is 47.5. The van der Waals surface area contributed by atoms with Crippen molar-refractivity contribution in [1.29, 1.82) is 0 Å². The van der Waals surface area contributed by atoms with Crippen LogP contribution in [0.2, 0.25) is 0 Å². The summed E-state index contributed by atoms with van der Waals surface area (Å²) in [5.74, 6) is -13.0. The summed E-state index contributed by atoms with van der Waals surface area (Å²) in [6.45, 7) is 13.5. The smallest absolute Gasteiger partial charge is 0.408 e. The van der Waals surface area contributed by atoms with Gasteiger partial charge in [0, 0.05) is 30.3 Å². The molecule has 3 fully saturated rings. The van der Waals surface area contributed by atoms with Crippen molar-refractivity contribution in [2.45, 2.75) is 172 Å². The number of halogens is 6. The molecule has 0 aliphatic carbocycles. The number of carbonyl (C=O) groups is 4. The number of ether oxygens (including phenoxy) is 4. The van der Waals surface area contributed by atoms with Crippen molar-refractivity contribution in [3.8, 4) is 0 Å². The highest BCUT2D eigenvalue weighted by Crippen LogP contribution is 2.44. The lowest BCUT2D eigenvalue weighted by atomic mass is 9.97. The number of ketones is 2. The van der Waals surface area contributed by atoms with Gasteiger partial charge in [0.05, 0.1) is 56.1 Å². The number of carboxylic acid groups (broad SMARTS) is 1. The van der Waals surface area contributed by atoms with Crippen molar-refractivity contribution in [2.24, 2.45) is 23.5 Å². The molecular weight excluding hydrogens is 1140 g/mol. The van der Waals surface area contributed by atoms with Crippen LogP contribution in [0.25, 0.3) is 0 Å². The second kappa shape index (κ2) is 29.7. The molecule has 0 unspecified atom stereocenters. The fourth-order valence-electron chi connectivity index (χ4n) is 8.27. The molecule has 84 heavy (non-hydrogen) atoms. The van der Waals surface area contributed by atoms with Crippen molar-refractivity contribution in [3.05, 3.63) is 85.6 Å². The van der Waals surface area contributed by atoms with E-state index in [0.717, 1.165) is 24.7 Å². The number of alkyl carbamates (subject to hydrolysis) is 1.